The number of hydrogen-bond donors (Lipinski definition) is 2. The van der Waals surface area contributed by atoms with E-state index in [0.717, 1.165) is 28.6 Å². The van der Waals surface area contributed by atoms with Crippen molar-refractivity contribution in [3.63, 3.8) is 0 Å². The van der Waals surface area contributed by atoms with Gasteiger partial charge >= 0.3 is 0 Å². The van der Waals surface area contributed by atoms with E-state index in [1.165, 1.54) is 24.3 Å². The Morgan fingerprint density at radius 1 is 0.971 bits per heavy atom. The third-order valence-corrected chi connectivity index (χ3v) is 5.98. The first-order valence-corrected chi connectivity index (χ1v) is 11.5. The molecule has 10 heteroatoms. The Balaban J connectivity index is 1.49. The number of nitrogens with one attached hydrogen (secondary N) is 2. The van der Waals surface area contributed by atoms with Crippen LogP contribution in [0.4, 0.5) is 4.39 Å². The van der Waals surface area contributed by atoms with Gasteiger partial charge in [-0.25, -0.2) is 4.39 Å². The van der Waals surface area contributed by atoms with E-state index in [1.54, 1.807) is 12.1 Å². The average molecular weight is 496 g/mol. The summed E-state index contributed by atoms with van der Waals surface area (Å²) in [6.45, 7) is 2.00. The number of nitrogens with zero attached hydrogens (tertiary/aromatic N) is 3. The highest BCUT2D eigenvalue weighted by molar-refractivity contribution is 7.99. The van der Waals surface area contributed by atoms with E-state index in [2.05, 4.69) is 21.0 Å². The average Bonchev–Trinajstić information content (AvgIpc) is 3.26. The van der Waals surface area contributed by atoms with Gasteiger partial charge in [-0.3, -0.25) is 25.0 Å². The van der Waals surface area contributed by atoms with Crippen molar-refractivity contribution in [2.75, 3.05) is 5.75 Å². The number of thioether (sulfide) groups is 1. The summed E-state index contributed by atoms with van der Waals surface area (Å²) in [5.41, 5.74) is 7.09. The van der Waals surface area contributed by atoms with Crippen molar-refractivity contribution in [3.8, 4) is 17.1 Å². The summed E-state index contributed by atoms with van der Waals surface area (Å²) in [6.07, 6.45) is 0. The normalized spacial score (nSPS) is 10.7. The number of carbonyl (C=O) groups excluding carboxylic acids is 2. The van der Waals surface area contributed by atoms with Gasteiger partial charge in [-0.15, -0.1) is 10.2 Å². The molecule has 0 saturated carbocycles. The third-order valence-electron chi connectivity index (χ3n) is 4.79. The Hall–Kier alpha value is -3.69. The summed E-state index contributed by atoms with van der Waals surface area (Å²) in [4.78, 5) is 24.4. The SMILES string of the molecule is Cc1ccc(-c2nnc(SCC(=O)NNC(=O)c3ccccc3F)n2-c2ccc(Cl)cc2)cc1. The molecule has 0 aliphatic rings. The zero-order valence-electron chi connectivity index (χ0n) is 18.0. The van der Waals surface area contributed by atoms with Gasteiger partial charge in [-0.05, 0) is 43.3 Å². The fourth-order valence-corrected chi connectivity index (χ4v) is 3.96. The van der Waals surface area contributed by atoms with Crippen molar-refractivity contribution in [2.24, 2.45) is 0 Å². The maximum absolute atomic E-state index is 13.7. The second kappa shape index (κ2) is 10.5. The molecule has 0 spiro atoms. The van der Waals surface area contributed by atoms with Crippen molar-refractivity contribution in [3.05, 3.63) is 94.8 Å². The molecule has 2 amide bonds. The molecule has 1 aromatic heterocycles. The summed E-state index contributed by atoms with van der Waals surface area (Å²) < 4.78 is 15.6. The van der Waals surface area contributed by atoms with E-state index >= 15 is 0 Å². The Bertz CT molecular complexity index is 1330. The van der Waals surface area contributed by atoms with E-state index in [0.29, 0.717) is 16.0 Å². The zero-order chi connectivity index (χ0) is 24.1. The monoisotopic (exact) mass is 495 g/mol. The standard InChI is InChI=1S/C24H19ClFN5O2S/c1-15-6-8-16(9-7-15)22-28-30-24(31(22)18-12-10-17(25)11-13-18)34-14-21(32)27-29-23(33)19-4-2-3-5-20(19)26/h2-13H,14H2,1H3,(H,27,32)(H,29,33). The van der Waals surface area contributed by atoms with Crippen LogP contribution in [0, 0.1) is 12.7 Å². The van der Waals surface area contributed by atoms with Crippen molar-refractivity contribution in [1.29, 1.82) is 0 Å². The first-order valence-electron chi connectivity index (χ1n) is 10.2. The van der Waals surface area contributed by atoms with Gasteiger partial charge in [0.05, 0.1) is 11.3 Å². The highest BCUT2D eigenvalue weighted by atomic mass is 35.5. The third kappa shape index (κ3) is 5.44. The van der Waals surface area contributed by atoms with E-state index in [-0.39, 0.29) is 11.3 Å². The van der Waals surface area contributed by atoms with E-state index in [9.17, 15) is 14.0 Å². The first kappa shape index (κ1) is 23.5. The van der Waals surface area contributed by atoms with Crippen LogP contribution in [0.2, 0.25) is 5.02 Å². The first-order chi connectivity index (χ1) is 16.4. The summed E-state index contributed by atoms with van der Waals surface area (Å²) in [6, 6.07) is 20.6. The molecule has 0 fully saturated rings. The van der Waals surface area contributed by atoms with E-state index in [1.807, 2.05) is 47.9 Å². The van der Waals surface area contributed by atoms with Crippen LogP contribution < -0.4 is 10.9 Å². The summed E-state index contributed by atoms with van der Waals surface area (Å²) in [5, 5.41) is 9.67. The van der Waals surface area contributed by atoms with Crippen LogP contribution in [0.3, 0.4) is 0 Å². The van der Waals surface area contributed by atoms with Gasteiger partial charge in [0.25, 0.3) is 5.91 Å². The lowest BCUT2D eigenvalue weighted by Crippen LogP contribution is -2.42. The van der Waals surface area contributed by atoms with Gasteiger partial charge in [-0.1, -0.05) is 65.3 Å². The molecule has 34 heavy (non-hydrogen) atoms. The molecule has 0 saturated heterocycles. The quantitative estimate of drug-likeness (QED) is 0.302. The number of hydrogen-bond acceptors (Lipinski definition) is 5. The Morgan fingerprint density at radius 3 is 2.38 bits per heavy atom. The minimum Gasteiger partial charge on any atom is -0.272 e. The van der Waals surface area contributed by atoms with Gasteiger partial charge in [-0.2, -0.15) is 0 Å². The molecule has 0 radical (unpaired) electrons. The highest BCUT2D eigenvalue weighted by Crippen LogP contribution is 2.28. The van der Waals surface area contributed by atoms with Crippen LogP contribution >= 0.6 is 23.4 Å². The molecule has 3 aromatic carbocycles. The van der Waals surface area contributed by atoms with Crippen molar-refractivity contribution in [1.82, 2.24) is 25.6 Å². The molecule has 0 bridgehead atoms. The lowest BCUT2D eigenvalue weighted by molar-refractivity contribution is -0.119. The molecule has 172 valence electrons. The fraction of sp³-hybridized carbons (Fsp3) is 0.0833. The van der Waals surface area contributed by atoms with Gasteiger partial charge in [0.2, 0.25) is 5.91 Å². The number of benzene rings is 3. The molecule has 0 unspecified atom stereocenters. The van der Waals surface area contributed by atoms with Crippen molar-refractivity contribution < 1.29 is 14.0 Å². The van der Waals surface area contributed by atoms with Crippen LogP contribution in [0.1, 0.15) is 15.9 Å². The number of aromatic nitrogens is 3. The fourth-order valence-electron chi connectivity index (χ4n) is 3.08. The number of amides is 2. The predicted octanol–water partition coefficient (Wildman–Crippen LogP) is 4.59. The van der Waals surface area contributed by atoms with Gasteiger partial charge in [0.15, 0.2) is 11.0 Å². The molecule has 4 aromatic rings. The van der Waals surface area contributed by atoms with Crippen molar-refractivity contribution in [2.45, 2.75) is 12.1 Å². The summed E-state index contributed by atoms with van der Waals surface area (Å²) >= 11 is 7.19. The molecule has 1 heterocycles. The van der Waals surface area contributed by atoms with Crippen LogP contribution in [0.15, 0.2) is 78.0 Å². The molecule has 0 aliphatic heterocycles. The van der Waals surface area contributed by atoms with Gasteiger partial charge < -0.3 is 0 Å². The Kier molecular flexibility index (Phi) is 7.24. The topological polar surface area (TPSA) is 88.9 Å². The van der Waals surface area contributed by atoms with Crippen LogP contribution in [-0.4, -0.2) is 32.3 Å². The predicted molar refractivity (Wildman–Crippen MR) is 129 cm³/mol. The largest absolute Gasteiger partial charge is 0.272 e. The maximum Gasteiger partial charge on any atom is 0.272 e. The molecule has 2 N–H and O–H groups in total. The molecular formula is C24H19ClFN5O2S. The van der Waals surface area contributed by atoms with Crippen molar-refractivity contribution >= 4 is 35.2 Å². The van der Waals surface area contributed by atoms with E-state index < -0.39 is 17.6 Å². The number of halogens is 2. The summed E-state index contributed by atoms with van der Waals surface area (Å²) in [5.74, 6) is -1.36. The van der Waals surface area contributed by atoms with Gasteiger partial charge in [0.1, 0.15) is 5.82 Å². The minimum atomic E-state index is -0.748. The molecular weight excluding hydrogens is 477 g/mol. The molecule has 0 atom stereocenters. The Morgan fingerprint density at radius 2 is 1.68 bits per heavy atom. The lowest BCUT2D eigenvalue weighted by Gasteiger charge is -2.11. The second-order valence-corrected chi connectivity index (χ2v) is 8.63. The van der Waals surface area contributed by atoms with Crippen LogP contribution in [0.25, 0.3) is 17.1 Å². The van der Waals surface area contributed by atoms with Crippen LogP contribution in [0.5, 0.6) is 0 Å². The second-order valence-electron chi connectivity index (χ2n) is 7.25. The molecule has 0 aliphatic carbocycles. The van der Waals surface area contributed by atoms with Gasteiger partial charge in [0, 0.05) is 16.3 Å². The molecule has 7 nitrogen and oxygen atoms in total. The Labute approximate surface area is 204 Å². The number of rotatable bonds is 6. The number of carbonyl (C=O) groups is 2. The summed E-state index contributed by atoms with van der Waals surface area (Å²) in [7, 11) is 0. The number of aryl methyl sites for hydroxylation is 1. The maximum atomic E-state index is 13.7. The van der Waals surface area contributed by atoms with Crippen LogP contribution in [-0.2, 0) is 4.79 Å². The smallest absolute Gasteiger partial charge is 0.272 e. The number of hydrazine groups is 1. The lowest BCUT2D eigenvalue weighted by atomic mass is 10.1. The zero-order valence-corrected chi connectivity index (χ0v) is 19.5. The minimum absolute atomic E-state index is 0.0584. The molecule has 4 rings (SSSR count). The highest BCUT2D eigenvalue weighted by Gasteiger charge is 2.18. The van der Waals surface area contributed by atoms with E-state index in [4.69, 9.17) is 11.6 Å².